The molecule has 0 aromatic rings. The van der Waals surface area contributed by atoms with Crippen LogP contribution in [0, 0.1) is 0 Å². The standard InChI is InChI=1S/C8H15BO2/c1-3-4-6-7(10-2)5-8(9)11-6/h6-8H,3-5H2,1-2H3. The van der Waals surface area contributed by atoms with E-state index in [9.17, 15) is 0 Å². The number of hydrogen-bond donors (Lipinski definition) is 0. The van der Waals surface area contributed by atoms with Crippen LogP contribution in [0.25, 0.3) is 0 Å². The Bertz CT molecular complexity index is 119. The van der Waals surface area contributed by atoms with E-state index in [1.807, 2.05) is 0 Å². The lowest BCUT2D eigenvalue weighted by molar-refractivity contribution is 0.00519. The van der Waals surface area contributed by atoms with Crippen LogP contribution in [0.1, 0.15) is 26.2 Å². The predicted molar refractivity (Wildman–Crippen MR) is 44.7 cm³/mol. The van der Waals surface area contributed by atoms with Gasteiger partial charge in [0.2, 0.25) is 0 Å². The molecule has 0 amide bonds. The van der Waals surface area contributed by atoms with E-state index in [0.717, 1.165) is 19.3 Å². The highest BCUT2D eigenvalue weighted by Crippen LogP contribution is 2.23. The van der Waals surface area contributed by atoms with E-state index in [0.29, 0.717) is 0 Å². The van der Waals surface area contributed by atoms with E-state index in [4.69, 9.17) is 17.3 Å². The van der Waals surface area contributed by atoms with Crippen LogP contribution >= 0.6 is 0 Å². The Kier molecular flexibility index (Phi) is 3.40. The summed E-state index contributed by atoms with van der Waals surface area (Å²) in [5, 5.41) is 0. The van der Waals surface area contributed by atoms with Crippen molar-refractivity contribution in [2.24, 2.45) is 0 Å². The van der Waals surface area contributed by atoms with Crippen LogP contribution in [0.2, 0.25) is 0 Å². The highest BCUT2D eigenvalue weighted by Gasteiger charge is 2.31. The van der Waals surface area contributed by atoms with Crippen molar-refractivity contribution in [1.82, 2.24) is 0 Å². The summed E-state index contributed by atoms with van der Waals surface area (Å²) in [5.41, 5.74) is 0. The molecular weight excluding hydrogens is 139 g/mol. The van der Waals surface area contributed by atoms with Gasteiger partial charge in [-0.05, 0) is 12.8 Å². The molecule has 62 valence electrons. The normalized spacial score (nSPS) is 37.8. The highest BCUT2D eigenvalue weighted by molar-refractivity contribution is 6.11. The summed E-state index contributed by atoms with van der Waals surface area (Å²) in [5.74, 6) is 0. The van der Waals surface area contributed by atoms with Crippen molar-refractivity contribution >= 4 is 7.85 Å². The third kappa shape index (κ3) is 2.21. The summed E-state index contributed by atoms with van der Waals surface area (Å²) in [6, 6.07) is -0.114. The van der Waals surface area contributed by atoms with Crippen LogP contribution < -0.4 is 0 Å². The molecule has 3 unspecified atom stereocenters. The second-order valence-electron chi connectivity index (χ2n) is 3.01. The van der Waals surface area contributed by atoms with Gasteiger partial charge >= 0.3 is 0 Å². The Hall–Kier alpha value is -0.0151. The zero-order valence-corrected chi connectivity index (χ0v) is 7.25. The molecule has 0 aromatic heterocycles. The second-order valence-corrected chi connectivity index (χ2v) is 3.01. The van der Waals surface area contributed by atoms with E-state index >= 15 is 0 Å². The maximum absolute atomic E-state index is 5.62. The van der Waals surface area contributed by atoms with Gasteiger partial charge in [0.25, 0.3) is 0 Å². The second kappa shape index (κ2) is 4.12. The van der Waals surface area contributed by atoms with Gasteiger partial charge in [-0.15, -0.1) is 0 Å². The van der Waals surface area contributed by atoms with Gasteiger partial charge in [0.1, 0.15) is 7.85 Å². The van der Waals surface area contributed by atoms with E-state index in [2.05, 4.69) is 6.92 Å². The molecule has 3 heteroatoms. The first-order chi connectivity index (χ1) is 5.27. The third-order valence-corrected chi connectivity index (χ3v) is 2.10. The summed E-state index contributed by atoms with van der Waals surface area (Å²) >= 11 is 0. The van der Waals surface area contributed by atoms with Gasteiger partial charge in [-0.3, -0.25) is 0 Å². The van der Waals surface area contributed by atoms with Gasteiger partial charge in [0.05, 0.1) is 12.2 Å². The summed E-state index contributed by atoms with van der Waals surface area (Å²) in [4.78, 5) is 0. The zero-order chi connectivity index (χ0) is 8.27. The Morgan fingerprint density at radius 3 is 2.91 bits per heavy atom. The number of ether oxygens (including phenoxy) is 2. The smallest absolute Gasteiger partial charge is 0.109 e. The molecule has 1 aliphatic rings. The van der Waals surface area contributed by atoms with E-state index in [1.165, 1.54) is 0 Å². The molecule has 1 fully saturated rings. The monoisotopic (exact) mass is 154 g/mol. The van der Waals surface area contributed by atoms with Crippen molar-refractivity contribution in [2.45, 2.75) is 44.4 Å². The van der Waals surface area contributed by atoms with Gasteiger partial charge < -0.3 is 9.47 Å². The average molecular weight is 154 g/mol. The average Bonchev–Trinajstić information content (AvgIpc) is 2.32. The van der Waals surface area contributed by atoms with E-state index < -0.39 is 0 Å². The highest BCUT2D eigenvalue weighted by atomic mass is 16.6. The molecule has 3 atom stereocenters. The first kappa shape index (κ1) is 9.08. The summed E-state index contributed by atoms with van der Waals surface area (Å²) in [6.45, 7) is 2.14. The third-order valence-electron chi connectivity index (χ3n) is 2.10. The first-order valence-corrected chi connectivity index (χ1v) is 4.21. The number of hydrogen-bond acceptors (Lipinski definition) is 2. The van der Waals surface area contributed by atoms with Gasteiger partial charge in [-0.25, -0.2) is 0 Å². The first-order valence-electron chi connectivity index (χ1n) is 4.21. The molecule has 1 saturated heterocycles. The van der Waals surface area contributed by atoms with Crippen LogP contribution in [0.3, 0.4) is 0 Å². The van der Waals surface area contributed by atoms with Crippen molar-refractivity contribution in [2.75, 3.05) is 7.11 Å². The van der Waals surface area contributed by atoms with Crippen LogP contribution in [0.4, 0.5) is 0 Å². The molecular formula is C8H15BO2. The maximum Gasteiger partial charge on any atom is 0.109 e. The minimum atomic E-state index is -0.114. The Morgan fingerprint density at radius 2 is 2.36 bits per heavy atom. The number of methoxy groups -OCH3 is 1. The summed E-state index contributed by atoms with van der Waals surface area (Å²) in [6.07, 6.45) is 3.44. The van der Waals surface area contributed by atoms with Gasteiger partial charge in [-0.1, -0.05) is 13.3 Å². The van der Waals surface area contributed by atoms with E-state index in [1.54, 1.807) is 7.11 Å². The van der Waals surface area contributed by atoms with Crippen molar-refractivity contribution in [3.63, 3.8) is 0 Å². The van der Waals surface area contributed by atoms with Gasteiger partial charge in [-0.2, -0.15) is 0 Å². The maximum atomic E-state index is 5.62. The van der Waals surface area contributed by atoms with E-state index in [-0.39, 0.29) is 18.2 Å². The molecule has 1 aliphatic heterocycles. The van der Waals surface area contributed by atoms with Crippen molar-refractivity contribution in [3.8, 4) is 0 Å². The Morgan fingerprint density at radius 1 is 1.64 bits per heavy atom. The lowest BCUT2D eigenvalue weighted by Gasteiger charge is -2.15. The van der Waals surface area contributed by atoms with Crippen molar-refractivity contribution in [3.05, 3.63) is 0 Å². The molecule has 1 rings (SSSR count). The molecule has 0 saturated carbocycles. The Balaban J connectivity index is 2.37. The largest absolute Gasteiger partial charge is 0.382 e. The van der Waals surface area contributed by atoms with Crippen LogP contribution in [0.15, 0.2) is 0 Å². The van der Waals surface area contributed by atoms with Crippen LogP contribution in [-0.2, 0) is 9.47 Å². The molecule has 2 nitrogen and oxygen atoms in total. The van der Waals surface area contributed by atoms with Crippen LogP contribution in [0.5, 0.6) is 0 Å². The predicted octanol–water partition coefficient (Wildman–Crippen LogP) is 1.08. The minimum Gasteiger partial charge on any atom is -0.382 e. The SMILES string of the molecule is [B]C1CC(OC)C(CCC)O1. The molecule has 0 bridgehead atoms. The topological polar surface area (TPSA) is 18.5 Å². The van der Waals surface area contributed by atoms with Crippen molar-refractivity contribution < 1.29 is 9.47 Å². The molecule has 11 heavy (non-hydrogen) atoms. The fourth-order valence-electron chi connectivity index (χ4n) is 1.53. The fraction of sp³-hybridized carbons (Fsp3) is 1.00. The minimum absolute atomic E-state index is 0.114. The fourth-order valence-corrected chi connectivity index (χ4v) is 1.53. The molecule has 0 aliphatic carbocycles. The molecule has 0 aromatic carbocycles. The zero-order valence-electron chi connectivity index (χ0n) is 7.25. The summed E-state index contributed by atoms with van der Waals surface area (Å²) in [7, 11) is 7.34. The Labute approximate surface area is 69.7 Å². The van der Waals surface area contributed by atoms with Crippen LogP contribution in [-0.4, -0.2) is 33.2 Å². The molecule has 2 radical (unpaired) electrons. The van der Waals surface area contributed by atoms with Gasteiger partial charge in [0.15, 0.2) is 0 Å². The quantitative estimate of drug-likeness (QED) is 0.566. The number of rotatable bonds is 3. The molecule has 0 spiro atoms. The lowest BCUT2D eigenvalue weighted by Crippen LogP contribution is -2.22. The molecule has 0 N–H and O–H groups in total. The summed E-state index contributed by atoms with van der Waals surface area (Å²) < 4.78 is 10.7. The van der Waals surface area contributed by atoms with Crippen molar-refractivity contribution in [1.29, 1.82) is 0 Å². The van der Waals surface area contributed by atoms with Gasteiger partial charge in [0, 0.05) is 13.1 Å². The molecule has 1 heterocycles. The lowest BCUT2D eigenvalue weighted by atomic mass is 9.95.